The van der Waals surface area contributed by atoms with E-state index in [1.165, 1.54) is 0 Å². The fraction of sp³-hybridized carbons (Fsp3) is 0.725. The van der Waals surface area contributed by atoms with Gasteiger partial charge in [0.05, 0.1) is 18.7 Å². The number of carbonyl (C=O) groups excluding carboxylic acids is 5. The van der Waals surface area contributed by atoms with Gasteiger partial charge in [-0.15, -0.1) is 0 Å². The van der Waals surface area contributed by atoms with Crippen LogP contribution in [0.3, 0.4) is 0 Å². The van der Waals surface area contributed by atoms with Crippen molar-refractivity contribution >= 4 is 29.8 Å². The molecule has 1 saturated carbocycles. The third-order valence-electron chi connectivity index (χ3n) is 10.9. The van der Waals surface area contributed by atoms with E-state index in [9.17, 15) is 24.0 Å². The van der Waals surface area contributed by atoms with E-state index in [1.807, 2.05) is 18.2 Å². The Morgan fingerprint density at radius 3 is 1.62 bits per heavy atom. The second-order valence-corrected chi connectivity index (χ2v) is 15.9. The van der Waals surface area contributed by atoms with Crippen LogP contribution in [0.5, 0.6) is 0 Å². The first-order valence-electron chi connectivity index (χ1n) is 20.8. The van der Waals surface area contributed by atoms with Crippen molar-refractivity contribution in [3.8, 4) is 0 Å². The van der Waals surface area contributed by atoms with Crippen molar-refractivity contribution in [3.63, 3.8) is 0 Å². The predicted molar refractivity (Wildman–Crippen MR) is 214 cm³/mol. The molecule has 3 aliphatic heterocycles. The van der Waals surface area contributed by atoms with Crippen LogP contribution in [0.25, 0.3) is 0 Å². The summed E-state index contributed by atoms with van der Waals surface area (Å²) in [5, 5.41) is 0. The molecule has 23 nitrogen and oxygen atoms in total. The van der Waals surface area contributed by atoms with Gasteiger partial charge in [0.25, 0.3) is 0 Å². The van der Waals surface area contributed by atoms with Gasteiger partial charge in [-0.1, -0.05) is 30.3 Å². The summed E-state index contributed by atoms with van der Waals surface area (Å²) in [5.41, 5.74) is 38.9. The first-order valence-corrected chi connectivity index (χ1v) is 20.8. The monoisotopic (exact) mass is 916 g/mol. The summed E-state index contributed by atoms with van der Waals surface area (Å²) in [4.78, 5) is 61.7. The zero-order valence-corrected chi connectivity index (χ0v) is 36.2. The van der Waals surface area contributed by atoms with Crippen LogP contribution in [-0.4, -0.2) is 166 Å². The molecule has 0 radical (unpaired) electrons. The van der Waals surface area contributed by atoms with E-state index in [2.05, 4.69) is 0 Å². The number of carbonyl (C=O) groups is 5. The second-order valence-electron chi connectivity index (χ2n) is 15.9. The van der Waals surface area contributed by atoms with Crippen LogP contribution in [-0.2, 0) is 87.4 Å². The van der Waals surface area contributed by atoms with Crippen molar-refractivity contribution in [3.05, 3.63) is 35.9 Å². The molecule has 64 heavy (non-hydrogen) atoms. The molecule has 360 valence electrons. The van der Waals surface area contributed by atoms with E-state index in [0.29, 0.717) is 0 Å². The van der Waals surface area contributed by atoms with Gasteiger partial charge >= 0.3 is 29.8 Å². The van der Waals surface area contributed by atoms with Crippen LogP contribution in [0.4, 0.5) is 4.39 Å². The maximum atomic E-state index is 16.2. The van der Waals surface area contributed by atoms with Crippen LogP contribution in [0.1, 0.15) is 46.6 Å². The highest BCUT2D eigenvalue weighted by Crippen LogP contribution is 2.37. The number of ether oxygens (including phenoxy) is 12. The Morgan fingerprint density at radius 2 is 1.05 bits per heavy atom. The van der Waals surface area contributed by atoms with Crippen LogP contribution in [0.2, 0.25) is 0 Å². The van der Waals surface area contributed by atoms with Crippen molar-refractivity contribution in [2.45, 2.75) is 164 Å². The number of rotatable bonds is 17. The first kappa shape index (κ1) is 51.0. The quantitative estimate of drug-likeness (QED) is 0.0677. The van der Waals surface area contributed by atoms with E-state index in [4.69, 9.17) is 91.2 Å². The van der Waals surface area contributed by atoms with Gasteiger partial charge in [0.1, 0.15) is 61.6 Å². The summed E-state index contributed by atoms with van der Waals surface area (Å²) < 4.78 is 87.3. The molecule has 3 saturated heterocycles. The van der Waals surface area contributed by atoms with Gasteiger partial charge in [0.15, 0.2) is 37.2 Å². The lowest BCUT2D eigenvalue weighted by atomic mass is 9.84. The van der Waals surface area contributed by atoms with Crippen molar-refractivity contribution in [2.24, 2.45) is 34.4 Å². The third-order valence-corrected chi connectivity index (χ3v) is 10.9. The minimum Gasteiger partial charge on any atom is -0.463 e. The zero-order valence-electron chi connectivity index (χ0n) is 36.2. The van der Waals surface area contributed by atoms with E-state index >= 15 is 4.39 Å². The highest BCUT2D eigenvalue weighted by Gasteiger charge is 2.58. The van der Waals surface area contributed by atoms with Crippen LogP contribution in [0.15, 0.2) is 30.3 Å². The summed E-state index contributed by atoms with van der Waals surface area (Å²) in [5.74, 6) is -3.89. The largest absolute Gasteiger partial charge is 0.463 e. The molecule has 19 atom stereocenters. The molecule has 1 aromatic carbocycles. The summed E-state index contributed by atoms with van der Waals surface area (Å²) >= 11 is 0. The topological polar surface area (TPSA) is 352 Å². The molecule has 0 aromatic heterocycles. The Morgan fingerprint density at radius 1 is 0.562 bits per heavy atom. The highest BCUT2D eigenvalue weighted by atomic mass is 19.1. The SMILES string of the molecule is CC(=O)OCC1OC(OC2C(OC(C)=O)C(N)CC(N)C2OC2OC(CN)C(OCc3ccccc3)C(F)C2N)C(OC(C)=O)C1OC1OC(CN)C(OC(C)=O)C(OC(C)=O)C1N. The zero-order chi connectivity index (χ0) is 47.0. The number of hydrogen-bond donors (Lipinski definition) is 6. The summed E-state index contributed by atoms with van der Waals surface area (Å²) in [7, 11) is 0. The minimum atomic E-state index is -1.86. The average molecular weight is 917 g/mol. The fourth-order valence-corrected chi connectivity index (χ4v) is 8.12. The Bertz CT molecular complexity index is 1740. The number of benzene rings is 1. The Labute approximate surface area is 368 Å². The molecule has 19 unspecified atom stereocenters. The normalized spacial score (nSPS) is 38.7. The Kier molecular flexibility index (Phi) is 18.3. The van der Waals surface area contributed by atoms with Crippen LogP contribution in [0, 0.1) is 0 Å². The standard InChI is InChI=1S/C40H61FN6O17/c1-16(48)53-15-26-34(63-39-29(47)35(57-19(4)51)33(56-18(3)50)25(13-43)60-39)37(58-20(5)52)40(61-26)64-36-30(55-17(2)49)22(44)11-23(45)31(36)62-38-28(46)27(41)32(24(12-42)59-38)54-14-21-9-7-6-8-10-21/h6-10,22-40H,11-15,42-47H2,1-5H3. The Hall–Kier alpha value is -4.02. The molecule has 5 rings (SSSR count). The first-order chi connectivity index (χ1) is 30.3. The molecular weight excluding hydrogens is 855 g/mol. The third kappa shape index (κ3) is 12.7. The number of esters is 5. The van der Waals surface area contributed by atoms with Crippen LogP contribution < -0.4 is 34.4 Å². The van der Waals surface area contributed by atoms with Gasteiger partial charge in [0, 0.05) is 59.8 Å². The van der Waals surface area contributed by atoms with Gasteiger partial charge in [0.2, 0.25) is 0 Å². The van der Waals surface area contributed by atoms with Gasteiger partial charge in [-0.25, -0.2) is 4.39 Å². The van der Waals surface area contributed by atoms with Crippen molar-refractivity contribution in [1.82, 2.24) is 0 Å². The molecule has 3 heterocycles. The van der Waals surface area contributed by atoms with Gasteiger partial charge < -0.3 is 91.2 Å². The van der Waals surface area contributed by atoms with Gasteiger partial charge in [-0.3, -0.25) is 24.0 Å². The minimum absolute atomic E-state index is 0.0105. The number of hydrogen-bond acceptors (Lipinski definition) is 23. The van der Waals surface area contributed by atoms with Crippen LogP contribution >= 0.6 is 0 Å². The maximum absolute atomic E-state index is 16.2. The summed E-state index contributed by atoms with van der Waals surface area (Å²) in [6.45, 7) is 4.65. The number of nitrogens with two attached hydrogens (primary N) is 6. The molecule has 0 amide bonds. The lowest BCUT2D eigenvalue weighted by Crippen LogP contribution is -2.68. The van der Waals surface area contributed by atoms with Crippen molar-refractivity contribution in [1.29, 1.82) is 0 Å². The van der Waals surface area contributed by atoms with Gasteiger partial charge in [-0.05, 0) is 12.0 Å². The average Bonchev–Trinajstić information content (AvgIpc) is 3.53. The molecule has 4 fully saturated rings. The molecule has 4 aliphatic rings. The molecular formula is C40H61FN6O17. The summed E-state index contributed by atoms with van der Waals surface area (Å²) in [6.07, 6.45) is -21.1. The van der Waals surface area contributed by atoms with E-state index in [0.717, 1.165) is 40.2 Å². The van der Waals surface area contributed by atoms with Gasteiger partial charge in [-0.2, -0.15) is 0 Å². The van der Waals surface area contributed by atoms with E-state index < -0.39 is 153 Å². The van der Waals surface area contributed by atoms with E-state index in [-0.39, 0.29) is 26.1 Å². The lowest BCUT2D eigenvalue weighted by Gasteiger charge is -2.48. The molecule has 1 aromatic rings. The molecule has 12 N–H and O–H groups in total. The number of halogens is 1. The lowest BCUT2D eigenvalue weighted by molar-refractivity contribution is -0.307. The van der Waals surface area contributed by atoms with Crippen molar-refractivity contribution in [2.75, 3.05) is 19.7 Å². The maximum Gasteiger partial charge on any atom is 0.303 e. The molecule has 24 heteroatoms. The number of alkyl halides is 1. The van der Waals surface area contributed by atoms with Crippen molar-refractivity contribution < 1.29 is 85.2 Å². The Balaban J connectivity index is 1.46. The molecule has 1 aliphatic carbocycles. The highest BCUT2D eigenvalue weighted by molar-refractivity contribution is 5.68. The smallest absolute Gasteiger partial charge is 0.303 e. The predicted octanol–water partition coefficient (Wildman–Crippen LogP) is -2.84. The molecule has 0 bridgehead atoms. The fourth-order valence-electron chi connectivity index (χ4n) is 8.12. The summed E-state index contributed by atoms with van der Waals surface area (Å²) in [6, 6.07) is 4.23. The van der Waals surface area contributed by atoms with E-state index in [1.54, 1.807) is 12.1 Å². The molecule has 0 spiro atoms. The second kappa shape index (κ2) is 22.9.